The van der Waals surface area contributed by atoms with Gasteiger partial charge in [-0.15, -0.1) is 0 Å². The summed E-state index contributed by atoms with van der Waals surface area (Å²) < 4.78 is 6.35. The Labute approximate surface area is 120 Å². The molecule has 0 heterocycles. The molecule has 0 radical (unpaired) electrons. The van der Waals surface area contributed by atoms with Crippen molar-refractivity contribution in [2.75, 3.05) is 0 Å². The van der Waals surface area contributed by atoms with E-state index in [0.717, 1.165) is 10.0 Å². The summed E-state index contributed by atoms with van der Waals surface area (Å²) in [5.74, 6) is -0.500. The predicted molar refractivity (Wildman–Crippen MR) is 76.3 cm³/mol. The average Bonchev–Trinajstić information content (AvgIpc) is 2.38. The summed E-state index contributed by atoms with van der Waals surface area (Å²) in [5, 5.41) is 9.29. The maximum atomic E-state index is 11.3. The number of halogens is 1. The van der Waals surface area contributed by atoms with Crippen LogP contribution in [0.3, 0.4) is 0 Å². The highest BCUT2D eigenvalue weighted by molar-refractivity contribution is 9.10. The molecule has 0 saturated carbocycles. The van der Waals surface area contributed by atoms with Crippen molar-refractivity contribution in [3.05, 3.63) is 64.1 Å². The third-order valence-electron chi connectivity index (χ3n) is 2.66. The summed E-state index contributed by atoms with van der Waals surface area (Å²) in [6.45, 7) is 1.96. The monoisotopic (exact) mass is 320 g/mol. The summed E-state index contributed by atoms with van der Waals surface area (Å²) in [5.41, 5.74) is 1.69. The zero-order chi connectivity index (χ0) is 13.8. The van der Waals surface area contributed by atoms with Gasteiger partial charge >= 0.3 is 5.97 Å². The summed E-state index contributed by atoms with van der Waals surface area (Å²) in [4.78, 5) is 11.3. The van der Waals surface area contributed by atoms with Crippen LogP contribution in [0.15, 0.2) is 53.0 Å². The molecule has 0 amide bonds. The van der Waals surface area contributed by atoms with Gasteiger partial charge < -0.3 is 9.84 Å². The fraction of sp³-hybridized carbons (Fsp3) is 0.133. The van der Waals surface area contributed by atoms with E-state index in [2.05, 4.69) is 15.9 Å². The van der Waals surface area contributed by atoms with Gasteiger partial charge in [-0.05, 0) is 40.5 Å². The maximum absolute atomic E-state index is 11.3. The van der Waals surface area contributed by atoms with Crippen LogP contribution >= 0.6 is 15.9 Å². The van der Waals surface area contributed by atoms with Crippen LogP contribution < -0.4 is 4.74 Å². The van der Waals surface area contributed by atoms with Gasteiger partial charge in [0.2, 0.25) is 6.10 Å². The minimum Gasteiger partial charge on any atom is -0.478 e. The normalized spacial score (nSPS) is 11.9. The molecule has 0 aliphatic heterocycles. The van der Waals surface area contributed by atoms with Gasteiger partial charge in [-0.2, -0.15) is 0 Å². The Kier molecular flexibility index (Phi) is 4.22. The molecular formula is C15H13BrO3. The van der Waals surface area contributed by atoms with Crippen molar-refractivity contribution in [3.8, 4) is 5.75 Å². The Morgan fingerprint density at radius 1 is 1.21 bits per heavy atom. The Bertz CT molecular complexity index is 581. The molecule has 0 fully saturated rings. The number of aryl methyl sites for hydroxylation is 1. The summed E-state index contributed by atoms with van der Waals surface area (Å²) in [6, 6.07) is 14.4. The van der Waals surface area contributed by atoms with E-state index in [-0.39, 0.29) is 0 Å². The molecule has 0 aliphatic rings. The van der Waals surface area contributed by atoms with Crippen LogP contribution in [-0.4, -0.2) is 11.1 Å². The molecule has 19 heavy (non-hydrogen) atoms. The second-order valence-electron chi connectivity index (χ2n) is 4.18. The van der Waals surface area contributed by atoms with Gasteiger partial charge in [0.25, 0.3) is 0 Å². The fourth-order valence-electron chi connectivity index (χ4n) is 1.72. The second kappa shape index (κ2) is 5.89. The lowest BCUT2D eigenvalue weighted by atomic mass is 10.1. The molecular weight excluding hydrogens is 308 g/mol. The van der Waals surface area contributed by atoms with Crippen LogP contribution in [0.2, 0.25) is 0 Å². The van der Waals surface area contributed by atoms with Gasteiger partial charge in [0.1, 0.15) is 5.75 Å². The molecule has 3 nitrogen and oxygen atoms in total. The van der Waals surface area contributed by atoms with Gasteiger partial charge in [0, 0.05) is 5.56 Å². The second-order valence-corrected chi connectivity index (χ2v) is 5.04. The van der Waals surface area contributed by atoms with Crippen molar-refractivity contribution in [1.29, 1.82) is 0 Å². The molecule has 0 bridgehead atoms. The summed E-state index contributed by atoms with van der Waals surface area (Å²) >= 11 is 3.38. The molecule has 2 aromatic carbocycles. The van der Waals surface area contributed by atoms with Crippen molar-refractivity contribution in [3.63, 3.8) is 0 Å². The third-order valence-corrected chi connectivity index (χ3v) is 3.28. The van der Waals surface area contributed by atoms with Gasteiger partial charge in [0.05, 0.1) is 4.47 Å². The molecule has 1 N–H and O–H groups in total. The number of hydrogen-bond donors (Lipinski definition) is 1. The van der Waals surface area contributed by atoms with Crippen LogP contribution in [0.4, 0.5) is 0 Å². The number of hydrogen-bond acceptors (Lipinski definition) is 2. The van der Waals surface area contributed by atoms with Crippen molar-refractivity contribution in [2.24, 2.45) is 0 Å². The third kappa shape index (κ3) is 3.35. The number of aliphatic carboxylic acids is 1. The van der Waals surface area contributed by atoms with Crippen LogP contribution in [0.1, 0.15) is 17.2 Å². The lowest BCUT2D eigenvalue weighted by Gasteiger charge is -2.16. The Morgan fingerprint density at radius 3 is 2.47 bits per heavy atom. The standard InChI is InChI=1S/C15H13BrO3/c1-10-7-8-13(12(16)9-10)19-14(15(17)18)11-5-3-2-4-6-11/h2-9,14H,1H3,(H,17,18)/t14-/m0/s1. The van der Waals surface area contributed by atoms with Crippen LogP contribution in [0.25, 0.3) is 0 Å². The van der Waals surface area contributed by atoms with Crippen molar-refractivity contribution < 1.29 is 14.6 Å². The van der Waals surface area contributed by atoms with Crippen molar-refractivity contribution >= 4 is 21.9 Å². The number of rotatable bonds is 4. The molecule has 0 spiro atoms. The smallest absolute Gasteiger partial charge is 0.349 e. The van der Waals surface area contributed by atoms with Gasteiger partial charge in [-0.1, -0.05) is 36.4 Å². The summed E-state index contributed by atoms with van der Waals surface area (Å²) in [6.07, 6.45) is -1.01. The van der Waals surface area contributed by atoms with E-state index in [1.165, 1.54) is 0 Å². The predicted octanol–water partition coefficient (Wildman–Crippen LogP) is 3.96. The molecule has 1 atom stereocenters. The van der Waals surface area contributed by atoms with Crippen LogP contribution in [-0.2, 0) is 4.79 Å². The van der Waals surface area contributed by atoms with Crippen LogP contribution in [0, 0.1) is 6.92 Å². The van der Waals surface area contributed by atoms with Crippen LogP contribution in [0.5, 0.6) is 5.75 Å². The number of carboxylic acid groups (broad SMARTS) is 1. The highest BCUT2D eigenvalue weighted by atomic mass is 79.9. The summed E-state index contributed by atoms with van der Waals surface area (Å²) in [7, 11) is 0. The first kappa shape index (κ1) is 13.6. The first-order chi connectivity index (χ1) is 9.08. The molecule has 2 aromatic rings. The van der Waals surface area contributed by atoms with Gasteiger partial charge in [0.15, 0.2) is 0 Å². The molecule has 0 unspecified atom stereocenters. The fourth-order valence-corrected chi connectivity index (χ4v) is 2.30. The number of benzene rings is 2. The highest BCUT2D eigenvalue weighted by Crippen LogP contribution is 2.30. The Hall–Kier alpha value is -1.81. The van der Waals surface area contributed by atoms with E-state index < -0.39 is 12.1 Å². The number of carboxylic acids is 1. The van der Waals surface area contributed by atoms with Crippen molar-refractivity contribution in [1.82, 2.24) is 0 Å². The maximum Gasteiger partial charge on any atom is 0.349 e. The number of ether oxygens (including phenoxy) is 1. The highest BCUT2D eigenvalue weighted by Gasteiger charge is 2.22. The van der Waals surface area contributed by atoms with E-state index in [0.29, 0.717) is 11.3 Å². The van der Waals surface area contributed by atoms with Crippen molar-refractivity contribution in [2.45, 2.75) is 13.0 Å². The molecule has 0 aliphatic carbocycles. The molecule has 4 heteroatoms. The SMILES string of the molecule is Cc1ccc(O[C@H](C(=O)O)c2ccccc2)c(Br)c1. The first-order valence-corrected chi connectivity index (χ1v) is 6.58. The molecule has 0 aromatic heterocycles. The molecule has 2 rings (SSSR count). The zero-order valence-electron chi connectivity index (χ0n) is 10.3. The minimum atomic E-state index is -1.02. The van der Waals surface area contributed by atoms with E-state index in [9.17, 15) is 9.90 Å². The number of carbonyl (C=O) groups is 1. The molecule has 98 valence electrons. The van der Waals surface area contributed by atoms with E-state index >= 15 is 0 Å². The van der Waals surface area contributed by atoms with E-state index in [4.69, 9.17) is 4.74 Å². The lowest BCUT2D eigenvalue weighted by Crippen LogP contribution is -2.18. The zero-order valence-corrected chi connectivity index (χ0v) is 11.9. The van der Waals surface area contributed by atoms with Gasteiger partial charge in [-0.25, -0.2) is 4.79 Å². The first-order valence-electron chi connectivity index (χ1n) is 5.78. The average molecular weight is 321 g/mol. The quantitative estimate of drug-likeness (QED) is 0.927. The largest absolute Gasteiger partial charge is 0.478 e. The Balaban J connectivity index is 2.29. The Morgan fingerprint density at radius 2 is 1.89 bits per heavy atom. The minimum absolute atomic E-state index is 0.516. The lowest BCUT2D eigenvalue weighted by molar-refractivity contribution is -0.145. The van der Waals surface area contributed by atoms with E-state index in [1.54, 1.807) is 30.3 Å². The molecule has 0 saturated heterocycles. The topological polar surface area (TPSA) is 46.5 Å². The van der Waals surface area contributed by atoms with Gasteiger partial charge in [-0.3, -0.25) is 0 Å². The van der Waals surface area contributed by atoms with E-state index in [1.807, 2.05) is 25.1 Å².